The monoisotopic (exact) mass is 477 g/mol. The van der Waals surface area contributed by atoms with Crippen molar-refractivity contribution in [2.24, 2.45) is 5.92 Å². The van der Waals surface area contributed by atoms with Crippen LogP contribution < -0.4 is 10.2 Å². The number of hydrogen-bond acceptors (Lipinski definition) is 8. The molecule has 4 aromatic rings. The minimum Gasteiger partial charge on any atom is -0.462 e. The van der Waals surface area contributed by atoms with E-state index in [4.69, 9.17) is 4.42 Å². The number of nitrogens with zero attached hydrogens (tertiary/aromatic N) is 6. The van der Waals surface area contributed by atoms with Gasteiger partial charge in [-0.15, -0.1) is 21.5 Å². The van der Waals surface area contributed by atoms with Crippen LogP contribution in [0.15, 0.2) is 41.0 Å². The largest absolute Gasteiger partial charge is 0.462 e. The van der Waals surface area contributed by atoms with Gasteiger partial charge in [0.25, 0.3) is 0 Å². The van der Waals surface area contributed by atoms with Crippen LogP contribution in [0.1, 0.15) is 34.8 Å². The first-order chi connectivity index (χ1) is 16.5. The van der Waals surface area contributed by atoms with Crippen molar-refractivity contribution < 1.29 is 9.21 Å². The number of rotatable bonds is 6. The van der Waals surface area contributed by atoms with Gasteiger partial charge < -0.3 is 14.6 Å². The molecule has 176 valence electrons. The normalized spacial score (nSPS) is 14.5. The molecule has 5 heterocycles. The van der Waals surface area contributed by atoms with Gasteiger partial charge in [-0.3, -0.25) is 4.79 Å². The van der Waals surface area contributed by atoms with Gasteiger partial charge in [0.2, 0.25) is 5.91 Å². The smallest absolute Gasteiger partial charge is 0.223 e. The molecule has 1 aliphatic heterocycles. The predicted octanol–water partition coefficient (Wildman–Crippen LogP) is 3.84. The molecule has 9 nitrogen and oxygen atoms in total. The Bertz CT molecular complexity index is 1270. The summed E-state index contributed by atoms with van der Waals surface area (Å²) >= 11 is 1.56. The minimum absolute atomic E-state index is 0.00375. The summed E-state index contributed by atoms with van der Waals surface area (Å²) in [6, 6.07) is 9.67. The molecule has 10 heteroatoms. The predicted molar refractivity (Wildman–Crippen MR) is 130 cm³/mol. The lowest BCUT2D eigenvalue weighted by Crippen LogP contribution is -2.40. The van der Waals surface area contributed by atoms with Gasteiger partial charge in [0.1, 0.15) is 0 Å². The molecule has 1 saturated heterocycles. The number of carbonyl (C=O) groups excluding carboxylic acids is 1. The number of aromatic nitrogens is 5. The number of furan rings is 1. The van der Waals surface area contributed by atoms with Crippen LogP contribution in [0.5, 0.6) is 0 Å². The molecule has 0 saturated carbocycles. The zero-order chi connectivity index (χ0) is 23.7. The summed E-state index contributed by atoms with van der Waals surface area (Å²) in [7, 11) is 0. The second kappa shape index (κ2) is 9.38. The molecule has 0 aromatic carbocycles. The van der Waals surface area contributed by atoms with E-state index in [2.05, 4.69) is 30.5 Å². The van der Waals surface area contributed by atoms with Crippen LogP contribution in [0.25, 0.3) is 16.6 Å². The Labute approximate surface area is 201 Å². The van der Waals surface area contributed by atoms with Crippen LogP contribution in [0.3, 0.4) is 0 Å². The Hall–Kier alpha value is -3.53. The van der Waals surface area contributed by atoms with Crippen molar-refractivity contribution in [1.29, 1.82) is 0 Å². The van der Waals surface area contributed by atoms with E-state index < -0.39 is 0 Å². The number of thiazole rings is 1. The molecule has 0 unspecified atom stereocenters. The van der Waals surface area contributed by atoms with E-state index in [1.807, 2.05) is 51.1 Å². The SMILES string of the molecule is Cc1cc(C)n(-c2ccc(N3CCC(C(=O)NCc4sc(-c5ccco5)nc4C)CC3)nn2)n1. The standard InChI is InChI=1S/C24H27N7O2S/c1-15-13-16(2)31(29-15)22-7-6-21(27-28-22)30-10-8-18(9-11-30)23(32)25-14-20-17(3)26-24(34-20)19-5-4-12-33-19/h4-7,12-13,18H,8-11,14H2,1-3H3,(H,25,32). The van der Waals surface area contributed by atoms with E-state index >= 15 is 0 Å². The molecule has 0 atom stereocenters. The van der Waals surface area contributed by atoms with E-state index in [-0.39, 0.29) is 11.8 Å². The molecule has 1 amide bonds. The van der Waals surface area contributed by atoms with Crippen LogP contribution in [-0.2, 0) is 11.3 Å². The third-order valence-electron chi connectivity index (χ3n) is 6.10. The van der Waals surface area contributed by atoms with Crippen LogP contribution in [0, 0.1) is 26.7 Å². The molecular formula is C24H27N7O2S. The van der Waals surface area contributed by atoms with Crippen molar-refractivity contribution in [3.8, 4) is 16.6 Å². The second-order valence-corrected chi connectivity index (χ2v) is 9.66. The molecule has 0 radical (unpaired) electrons. The first-order valence-corrected chi connectivity index (χ1v) is 12.2. The third-order valence-corrected chi connectivity index (χ3v) is 7.27. The van der Waals surface area contributed by atoms with Gasteiger partial charge in [0.15, 0.2) is 22.4 Å². The van der Waals surface area contributed by atoms with Crippen molar-refractivity contribution >= 4 is 23.1 Å². The molecule has 0 spiro atoms. The Morgan fingerprint density at radius 2 is 1.91 bits per heavy atom. The van der Waals surface area contributed by atoms with Gasteiger partial charge in [-0.05, 0) is 63.9 Å². The third kappa shape index (κ3) is 4.58. The van der Waals surface area contributed by atoms with E-state index in [1.165, 1.54) is 0 Å². The Morgan fingerprint density at radius 1 is 1.15 bits per heavy atom. The van der Waals surface area contributed by atoms with Gasteiger partial charge >= 0.3 is 0 Å². The van der Waals surface area contributed by atoms with Gasteiger partial charge in [0.05, 0.1) is 24.2 Å². The zero-order valence-electron chi connectivity index (χ0n) is 19.5. The Balaban J connectivity index is 1.14. The van der Waals surface area contributed by atoms with E-state index in [9.17, 15) is 4.79 Å². The highest BCUT2D eigenvalue weighted by Gasteiger charge is 2.26. The minimum atomic E-state index is -0.00375. The van der Waals surface area contributed by atoms with Crippen molar-refractivity contribution in [1.82, 2.24) is 30.3 Å². The molecule has 4 aromatic heterocycles. The van der Waals surface area contributed by atoms with Crippen LogP contribution in [0.4, 0.5) is 5.82 Å². The summed E-state index contributed by atoms with van der Waals surface area (Å²) in [5.74, 6) is 2.38. The molecule has 0 bridgehead atoms. The summed E-state index contributed by atoms with van der Waals surface area (Å²) in [5, 5.41) is 17.2. The number of hydrogen-bond donors (Lipinski definition) is 1. The molecule has 5 rings (SSSR count). The fourth-order valence-electron chi connectivity index (χ4n) is 4.24. The lowest BCUT2D eigenvalue weighted by atomic mass is 9.96. The van der Waals surface area contributed by atoms with Gasteiger partial charge in [-0.25, -0.2) is 9.67 Å². The first kappa shape index (κ1) is 22.3. The number of piperidine rings is 1. The van der Waals surface area contributed by atoms with Crippen LogP contribution in [-0.4, -0.2) is 44.0 Å². The highest BCUT2D eigenvalue weighted by molar-refractivity contribution is 7.15. The summed E-state index contributed by atoms with van der Waals surface area (Å²) < 4.78 is 7.23. The van der Waals surface area contributed by atoms with Crippen molar-refractivity contribution in [3.05, 3.63) is 58.6 Å². The average molecular weight is 478 g/mol. The maximum atomic E-state index is 12.8. The van der Waals surface area contributed by atoms with Gasteiger partial charge in [-0.1, -0.05) is 0 Å². The lowest BCUT2D eigenvalue weighted by Gasteiger charge is -2.31. The molecule has 0 aliphatic carbocycles. The van der Waals surface area contributed by atoms with Crippen molar-refractivity contribution in [2.75, 3.05) is 18.0 Å². The fourth-order valence-corrected chi connectivity index (χ4v) is 5.21. The molecule has 1 fully saturated rings. The Kier molecular flexibility index (Phi) is 6.14. The number of amides is 1. The summed E-state index contributed by atoms with van der Waals surface area (Å²) in [5.41, 5.74) is 2.90. The van der Waals surface area contributed by atoms with Gasteiger partial charge in [-0.2, -0.15) is 5.10 Å². The van der Waals surface area contributed by atoms with E-state index in [1.54, 1.807) is 22.3 Å². The maximum absolute atomic E-state index is 12.8. The molecule has 34 heavy (non-hydrogen) atoms. The molecular weight excluding hydrogens is 450 g/mol. The van der Waals surface area contributed by atoms with Gasteiger partial charge in [0, 0.05) is 29.6 Å². The lowest BCUT2D eigenvalue weighted by molar-refractivity contribution is -0.125. The zero-order valence-corrected chi connectivity index (χ0v) is 20.3. The highest BCUT2D eigenvalue weighted by atomic mass is 32.1. The second-order valence-electron chi connectivity index (χ2n) is 8.57. The number of nitrogens with one attached hydrogen (secondary N) is 1. The summed E-state index contributed by atoms with van der Waals surface area (Å²) in [6.45, 7) is 7.96. The topological polar surface area (TPSA) is 102 Å². The number of carbonyl (C=O) groups is 1. The van der Waals surface area contributed by atoms with Crippen LogP contribution in [0.2, 0.25) is 0 Å². The molecule has 1 N–H and O–H groups in total. The van der Waals surface area contributed by atoms with Crippen molar-refractivity contribution in [2.45, 2.75) is 40.2 Å². The number of aryl methyl sites for hydroxylation is 3. The first-order valence-electron chi connectivity index (χ1n) is 11.4. The average Bonchev–Trinajstić information content (AvgIpc) is 3.58. The summed E-state index contributed by atoms with van der Waals surface area (Å²) in [4.78, 5) is 20.6. The fraction of sp³-hybridized carbons (Fsp3) is 0.375. The maximum Gasteiger partial charge on any atom is 0.223 e. The van der Waals surface area contributed by atoms with E-state index in [0.717, 1.165) is 64.5 Å². The number of anilines is 1. The summed E-state index contributed by atoms with van der Waals surface area (Å²) in [6.07, 6.45) is 3.21. The van der Waals surface area contributed by atoms with Crippen LogP contribution >= 0.6 is 11.3 Å². The quantitative estimate of drug-likeness (QED) is 0.450. The van der Waals surface area contributed by atoms with Crippen molar-refractivity contribution in [3.63, 3.8) is 0 Å². The van der Waals surface area contributed by atoms with E-state index in [0.29, 0.717) is 12.4 Å². The highest BCUT2D eigenvalue weighted by Crippen LogP contribution is 2.28. The molecule has 1 aliphatic rings. The Morgan fingerprint density at radius 3 is 2.56 bits per heavy atom.